The molecule has 0 saturated carbocycles. The Morgan fingerprint density at radius 2 is 1.00 bits per heavy atom. The van der Waals surface area contributed by atoms with Crippen LogP contribution in [0.5, 0.6) is 5.75 Å². The maximum Gasteiger partial charge on any atom is 0.242 e. The van der Waals surface area contributed by atoms with Crippen molar-refractivity contribution >= 4 is 23.4 Å². The molecule has 0 unspecified atom stereocenters. The van der Waals surface area contributed by atoms with E-state index in [1.807, 2.05) is 66.7 Å². The van der Waals surface area contributed by atoms with Gasteiger partial charge in [-0.2, -0.15) is 0 Å². The van der Waals surface area contributed by atoms with Crippen LogP contribution in [0.4, 0.5) is 0 Å². The van der Waals surface area contributed by atoms with Crippen LogP contribution >= 0.6 is 7.49 Å². The second-order valence-electron chi connectivity index (χ2n) is 4.80. The highest BCUT2D eigenvalue weighted by Gasteiger charge is 2.46. The number of phenolic OH excluding ortho intramolecular Hbond substituents is 1. The number of hydrogen-bond donors (Lipinski definition) is 2. The van der Waals surface area contributed by atoms with Gasteiger partial charge < -0.3 is 5.11 Å². The van der Waals surface area contributed by atoms with E-state index >= 15 is 0 Å². The summed E-state index contributed by atoms with van der Waals surface area (Å²) in [4.78, 5) is 11.6. The Labute approximate surface area is 124 Å². The summed E-state index contributed by atoms with van der Waals surface area (Å²) in [5.41, 5.74) is 0. The lowest BCUT2D eigenvalue weighted by molar-refractivity contribution is 0.478. The molecule has 3 rings (SSSR count). The summed E-state index contributed by atoms with van der Waals surface area (Å²) >= 11 is 0. The fourth-order valence-corrected chi connectivity index (χ4v) is 5.22. The number of para-hydroxylation sites is 1. The Hall–Kier alpha value is -2.15. The average molecular weight is 295 g/mol. The molecule has 0 amide bonds. The second kappa shape index (κ2) is 5.69. The van der Waals surface area contributed by atoms with Crippen LogP contribution in [0.15, 0.2) is 84.9 Å². The zero-order valence-corrected chi connectivity index (χ0v) is 12.3. The van der Waals surface area contributed by atoms with Gasteiger partial charge in [0.15, 0.2) is 11.1 Å². The average Bonchev–Trinajstić information content (AvgIpc) is 2.56. The van der Waals surface area contributed by atoms with Crippen molar-refractivity contribution < 1.29 is 10.00 Å². The van der Waals surface area contributed by atoms with Crippen molar-refractivity contribution in [3.05, 3.63) is 84.9 Å². The number of phenols is 1. The van der Waals surface area contributed by atoms with Crippen molar-refractivity contribution in [2.75, 3.05) is 0 Å². The van der Waals surface area contributed by atoms with Gasteiger partial charge in [0, 0.05) is 0 Å². The molecular formula is C18H16O2P+. The van der Waals surface area contributed by atoms with Gasteiger partial charge in [0.1, 0.15) is 10.6 Å². The van der Waals surface area contributed by atoms with Crippen molar-refractivity contribution in [1.29, 1.82) is 0 Å². The first kappa shape index (κ1) is 13.8. The molecule has 0 radical (unpaired) electrons. The first-order valence-corrected chi connectivity index (χ1v) is 8.48. The normalized spacial score (nSPS) is 11.3. The maximum atomic E-state index is 11.6. The minimum atomic E-state index is -2.81. The lowest BCUT2D eigenvalue weighted by Gasteiger charge is -2.20. The van der Waals surface area contributed by atoms with Crippen LogP contribution in [-0.4, -0.2) is 10.00 Å². The summed E-state index contributed by atoms with van der Waals surface area (Å²) in [7, 11) is -2.81. The Balaban J connectivity index is 2.29. The van der Waals surface area contributed by atoms with Gasteiger partial charge in [0.2, 0.25) is 7.49 Å². The van der Waals surface area contributed by atoms with Gasteiger partial charge in [0.25, 0.3) is 0 Å². The largest absolute Gasteiger partial charge is 0.504 e. The van der Waals surface area contributed by atoms with Crippen molar-refractivity contribution in [3.8, 4) is 5.75 Å². The zero-order chi connectivity index (χ0) is 14.7. The Morgan fingerprint density at radius 1 is 0.571 bits per heavy atom. The highest BCUT2D eigenvalue weighted by Crippen LogP contribution is 2.52. The second-order valence-corrected chi connectivity index (χ2v) is 7.58. The van der Waals surface area contributed by atoms with E-state index in [9.17, 15) is 10.00 Å². The van der Waals surface area contributed by atoms with E-state index in [1.54, 1.807) is 18.2 Å². The molecule has 0 bridgehead atoms. The summed E-state index contributed by atoms with van der Waals surface area (Å²) in [5.74, 6) is 0.126. The van der Waals surface area contributed by atoms with Gasteiger partial charge in [-0.3, -0.25) is 0 Å². The molecule has 0 spiro atoms. The summed E-state index contributed by atoms with van der Waals surface area (Å²) in [6.07, 6.45) is 0. The fourth-order valence-electron chi connectivity index (χ4n) is 2.45. The maximum absolute atomic E-state index is 11.6. The molecule has 104 valence electrons. The SMILES string of the molecule is Oc1ccccc1[P+](O)(c1ccccc1)c1ccccc1. The molecule has 0 atom stereocenters. The Kier molecular flexibility index (Phi) is 3.74. The van der Waals surface area contributed by atoms with Crippen molar-refractivity contribution in [3.63, 3.8) is 0 Å². The molecule has 0 aliphatic rings. The first-order valence-electron chi connectivity index (χ1n) is 6.74. The van der Waals surface area contributed by atoms with E-state index < -0.39 is 7.49 Å². The van der Waals surface area contributed by atoms with Crippen molar-refractivity contribution in [1.82, 2.24) is 0 Å². The first-order chi connectivity index (χ1) is 10.2. The van der Waals surface area contributed by atoms with Crippen molar-refractivity contribution in [2.45, 2.75) is 0 Å². The van der Waals surface area contributed by atoms with Gasteiger partial charge in [-0.1, -0.05) is 48.5 Å². The van der Waals surface area contributed by atoms with Crippen LogP contribution in [0.25, 0.3) is 0 Å². The Bertz CT molecular complexity index is 687. The lowest BCUT2D eigenvalue weighted by Crippen LogP contribution is -2.30. The molecule has 3 heteroatoms. The predicted octanol–water partition coefficient (Wildman–Crippen LogP) is 2.59. The van der Waals surface area contributed by atoms with Crippen molar-refractivity contribution in [2.24, 2.45) is 0 Å². The molecule has 0 aromatic heterocycles. The zero-order valence-electron chi connectivity index (χ0n) is 11.4. The lowest BCUT2D eigenvalue weighted by atomic mass is 10.3. The van der Waals surface area contributed by atoms with Gasteiger partial charge >= 0.3 is 0 Å². The molecule has 3 aromatic carbocycles. The molecule has 0 heterocycles. The van der Waals surface area contributed by atoms with Crippen LogP contribution in [0.3, 0.4) is 0 Å². The summed E-state index contributed by atoms with van der Waals surface area (Å²) in [5, 5.41) is 12.5. The Morgan fingerprint density at radius 3 is 1.48 bits per heavy atom. The van der Waals surface area contributed by atoms with Crippen LogP contribution < -0.4 is 15.9 Å². The fraction of sp³-hybridized carbons (Fsp3) is 0. The molecule has 0 fully saturated rings. The monoisotopic (exact) mass is 295 g/mol. The smallest absolute Gasteiger partial charge is 0.242 e. The molecule has 0 saturated heterocycles. The predicted molar refractivity (Wildman–Crippen MR) is 89.0 cm³/mol. The highest BCUT2D eigenvalue weighted by atomic mass is 31.2. The van der Waals surface area contributed by atoms with E-state index in [0.717, 1.165) is 10.6 Å². The van der Waals surface area contributed by atoms with E-state index in [4.69, 9.17) is 0 Å². The number of benzene rings is 3. The molecule has 3 aromatic rings. The van der Waals surface area contributed by atoms with Gasteiger partial charge in [-0.15, -0.1) is 0 Å². The summed E-state index contributed by atoms with van der Waals surface area (Å²) in [6.45, 7) is 0. The molecular weight excluding hydrogens is 279 g/mol. The van der Waals surface area contributed by atoms with Crippen LogP contribution in [0.2, 0.25) is 0 Å². The van der Waals surface area contributed by atoms with Gasteiger partial charge in [0.05, 0.1) is 0 Å². The highest BCUT2D eigenvalue weighted by molar-refractivity contribution is 7.91. The third-order valence-electron chi connectivity index (χ3n) is 3.49. The van der Waals surface area contributed by atoms with Crippen LogP contribution in [0.1, 0.15) is 0 Å². The minimum absolute atomic E-state index is 0.126. The molecule has 21 heavy (non-hydrogen) atoms. The molecule has 2 N–H and O–H groups in total. The van der Waals surface area contributed by atoms with Crippen LogP contribution in [0, 0.1) is 0 Å². The van der Waals surface area contributed by atoms with E-state index in [1.165, 1.54) is 0 Å². The number of rotatable bonds is 3. The third-order valence-corrected chi connectivity index (χ3v) is 6.66. The third kappa shape index (κ3) is 2.44. The van der Waals surface area contributed by atoms with E-state index in [2.05, 4.69) is 0 Å². The van der Waals surface area contributed by atoms with E-state index in [-0.39, 0.29) is 5.75 Å². The molecule has 0 aliphatic carbocycles. The van der Waals surface area contributed by atoms with Gasteiger partial charge in [-0.05, 0) is 36.4 Å². The molecule has 0 aliphatic heterocycles. The summed E-state index contributed by atoms with van der Waals surface area (Å²) in [6, 6.07) is 26.1. The van der Waals surface area contributed by atoms with Gasteiger partial charge in [-0.25, -0.2) is 4.89 Å². The topological polar surface area (TPSA) is 40.5 Å². The summed E-state index contributed by atoms with van der Waals surface area (Å²) < 4.78 is 0. The minimum Gasteiger partial charge on any atom is -0.504 e. The quantitative estimate of drug-likeness (QED) is 0.729. The number of hydrogen-bond acceptors (Lipinski definition) is 2. The standard InChI is InChI=1S/C18H15O2P/c19-17-13-7-8-14-18(17)21(20,15-9-3-1-4-10-15)16-11-5-2-6-12-16/h1-14,20H/p+1. The van der Waals surface area contributed by atoms with E-state index in [0.29, 0.717) is 5.30 Å². The van der Waals surface area contributed by atoms with Crippen LogP contribution in [-0.2, 0) is 0 Å². The molecule has 2 nitrogen and oxygen atoms in total. The number of aromatic hydroxyl groups is 1.